The van der Waals surface area contributed by atoms with Gasteiger partial charge in [-0.1, -0.05) is 18.2 Å². The average Bonchev–Trinajstić information content (AvgIpc) is 3.28. The molecule has 0 aliphatic carbocycles. The normalized spacial score (nSPS) is 24.6. The van der Waals surface area contributed by atoms with E-state index in [1.807, 2.05) is 24.3 Å². The van der Waals surface area contributed by atoms with Gasteiger partial charge in [0.05, 0.1) is 20.0 Å². The molecule has 3 aromatic rings. The van der Waals surface area contributed by atoms with Gasteiger partial charge in [-0.25, -0.2) is 15.0 Å². The molecule has 0 saturated carbocycles. The Bertz CT molecular complexity index is 964. The molecule has 2 aromatic heterocycles. The first-order valence-corrected chi connectivity index (χ1v) is 8.79. The number of hydrogen-bond acceptors (Lipinski definition) is 9. The minimum atomic E-state index is -1.21. The SMILES string of the molecule is COc1ccccc1CNc1ncnc2c1ncn2[C@@H]1O[C@H](CO)[C@@H](O)[C@H]1O. The van der Waals surface area contributed by atoms with Gasteiger partial charge in [0.15, 0.2) is 23.2 Å². The zero-order valence-corrected chi connectivity index (χ0v) is 15.1. The molecule has 3 heterocycles. The van der Waals surface area contributed by atoms with Gasteiger partial charge in [0, 0.05) is 12.1 Å². The van der Waals surface area contributed by atoms with Crippen LogP contribution in [0.4, 0.5) is 5.82 Å². The van der Waals surface area contributed by atoms with Crippen molar-refractivity contribution in [2.75, 3.05) is 19.0 Å². The van der Waals surface area contributed by atoms with E-state index in [1.165, 1.54) is 17.2 Å². The van der Waals surface area contributed by atoms with Gasteiger partial charge in [0.25, 0.3) is 0 Å². The number of benzene rings is 1. The lowest BCUT2D eigenvalue weighted by molar-refractivity contribution is -0.0511. The number of nitrogens with one attached hydrogen (secondary N) is 1. The first-order valence-electron chi connectivity index (χ1n) is 8.79. The number of imidazole rings is 1. The highest BCUT2D eigenvalue weighted by molar-refractivity contribution is 5.82. The topological polar surface area (TPSA) is 135 Å². The molecule has 1 saturated heterocycles. The van der Waals surface area contributed by atoms with E-state index in [-0.39, 0.29) is 0 Å². The maximum Gasteiger partial charge on any atom is 0.167 e. The molecule has 0 radical (unpaired) electrons. The molecular formula is C18H21N5O5. The monoisotopic (exact) mass is 387 g/mol. The van der Waals surface area contributed by atoms with Crippen LogP contribution in [0.15, 0.2) is 36.9 Å². The number of methoxy groups -OCH3 is 1. The van der Waals surface area contributed by atoms with E-state index < -0.39 is 31.1 Å². The van der Waals surface area contributed by atoms with E-state index in [4.69, 9.17) is 9.47 Å². The zero-order valence-electron chi connectivity index (χ0n) is 15.1. The van der Waals surface area contributed by atoms with Crippen LogP contribution in [0.1, 0.15) is 11.8 Å². The third-order valence-corrected chi connectivity index (χ3v) is 4.79. The van der Waals surface area contributed by atoms with Crippen molar-refractivity contribution in [1.82, 2.24) is 19.5 Å². The molecule has 28 heavy (non-hydrogen) atoms. The fraction of sp³-hybridized carbons (Fsp3) is 0.389. The van der Waals surface area contributed by atoms with Crippen LogP contribution in [0.2, 0.25) is 0 Å². The first kappa shape index (κ1) is 18.6. The van der Waals surface area contributed by atoms with Gasteiger partial charge in [-0.15, -0.1) is 0 Å². The van der Waals surface area contributed by atoms with Crippen molar-refractivity contribution in [2.45, 2.75) is 31.1 Å². The van der Waals surface area contributed by atoms with E-state index in [9.17, 15) is 15.3 Å². The van der Waals surface area contributed by atoms with Crippen LogP contribution < -0.4 is 10.1 Å². The lowest BCUT2D eigenvalue weighted by Crippen LogP contribution is -2.33. The Morgan fingerprint density at radius 3 is 2.75 bits per heavy atom. The number of hydrogen-bond donors (Lipinski definition) is 4. The van der Waals surface area contributed by atoms with Gasteiger partial charge >= 0.3 is 0 Å². The van der Waals surface area contributed by atoms with Crippen molar-refractivity contribution >= 4 is 17.0 Å². The number of rotatable bonds is 6. The second-order valence-electron chi connectivity index (χ2n) is 6.44. The minimum Gasteiger partial charge on any atom is -0.496 e. The average molecular weight is 387 g/mol. The second-order valence-corrected chi connectivity index (χ2v) is 6.44. The van der Waals surface area contributed by atoms with Crippen molar-refractivity contribution in [3.05, 3.63) is 42.5 Å². The molecule has 10 nitrogen and oxygen atoms in total. The third kappa shape index (κ3) is 3.16. The Balaban J connectivity index is 1.61. The van der Waals surface area contributed by atoms with Gasteiger partial charge < -0.3 is 30.1 Å². The van der Waals surface area contributed by atoms with Gasteiger partial charge in [-0.05, 0) is 6.07 Å². The number of aromatic nitrogens is 4. The van der Waals surface area contributed by atoms with Crippen LogP contribution in [0.3, 0.4) is 0 Å². The molecular weight excluding hydrogens is 366 g/mol. The van der Waals surface area contributed by atoms with E-state index in [2.05, 4.69) is 20.3 Å². The molecule has 1 aromatic carbocycles. The number of anilines is 1. The van der Waals surface area contributed by atoms with Crippen LogP contribution in [-0.4, -0.2) is 66.9 Å². The van der Waals surface area contributed by atoms with Gasteiger partial charge in [-0.3, -0.25) is 4.57 Å². The molecule has 4 rings (SSSR count). The standard InChI is InChI=1S/C18H21N5O5/c1-27-11-5-3-2-4-10(11)6-19-16-13-17(21-8-20-16)23(9-22-13)18-15(26)14(25)12(7-24)28-18/h2-5,8-9,12,14-15,18,24-26H,6-7H2,1H3,(H,19,20,21)/t12-,14-,15-,18-/m1/s1. The Morgan fingerprint density at radius 1 is 1.18 bits per heavy atom. The minimum absolute atomic E-state index is 0.401. The van der Waals surface area contributed by atoms with Crippen molar-refractivity contribution in [3.8, 4) is 5.75 Å². The molecule has 0 bridgehead atoms. The molecule has 0 amide bonds. The largest absolute Gasteiger partial charge is 0.496 e. The van der Waals surface area contributed by atoms with Crippen molar-refractivity contribution in [3.63, 3.8) is 0 Å². The summed E-state index contributed by atoms with van der Waals surface area (Å²) in [4.78, 5) is 12.8. The Labute approximate surface area is 160 Å². The summed E-state index contributed by atoms with van der Waals surface area (Å²) in [6, 6.07) is 7.64. The molecule has 0 unspecified atom stereocenters. The fourth-order valence-electron chi connectivity index (χ4n) is 3.31. The van der Waals surface area contributed by atoms with E-state index in [0.29, 0.717) is 23.5 Å². The zero-order chi connectivity index (χ0) is 19.7. The number of aliphatic hydroxyl groups is 3. The quantitative estimate of drug-likeness (QED) is 0.463. The number of para-hydroxylation sites is 1. The summed E-state index contributed by atoms with van der Waals surface area (Å²) in [6.45, 7) is 0.0683. The summed E-state index contributed by atoms with van der Waals surface area (Å²) >= 11 is 0. The Kier molecular flexibility index (Phi) is 5.09. The smallest absolute Gasteiger partial charge is 0.167 e. The molecule has 148 valence electrons. The number of ether oxygens (including phenoxy) is 2. The number of nitrogens with zero attached hydrogens (tertiary/aromatic N) is 4. The van der Waals surface area contributed by atoms with E-state index in [1.54, 1.807) is 7.11 Å². The number of fused-ring (bicyclic) bond motifs is 1. The summed E-state index contributed by atoms with van der Waals surface area (Å²) in [6.07, 6.45) is -1.34. The summed E-state index contributed by atoms with van der Waals surface area (Å²) in [5.74, 6) is 1.28. The van der Waals surface area contributed by atoms with Crippen molar-refractivity contribution in [2.24, 2.45) is 0 Å². The molecule has 10 heteroatoms. The van der Waals surface area contributed by atoms with Crippen molar-refractivity contribution in [1.29, 1.82) is 0 Å². The molecule has 1 aliphatic rings. The van der Waals surface area contributed by atoms with E-state index in [0.717, 1.165) is 11.3 Å². The lowest BCUT2D eigenvalue weighted by Gasteiger charge is -2.16. The highest BCUT2D eigenvalue weighted by Gasteiger charge is 2.44. The summed E-state index contributed by atoms with van der Waals surface area (Å²) in [5, 5.41) is 32.8. The fourth-order valence-corrected chi connectivity index (χ4v) is 3.31. The summed E-state index contributed by atoms with van der Waals surface area (Å²) in [7, 11) is 1.62. The lowest BCUT2D eigenvalue weighted by atomic mass is 10.1. The first-order chi connectivity index (χ1) is 13.6. The molecule has 1 aliphatic heterocycles. The van der Waals surface area contributed by atoms with Gasteiger partial charge in [-0.2, -0.15) is 0 Å². The van der Waals surface area contributed by atoms with Crippen LogP contribution in [0.5, 0.6) is 5.75 Å². The van der Waals surface area contributed by atoms with Crippen LogP contribution in [0, 0.1) is 0 Å². The predicted molar refractivity (Wildman–Crippen MR) is 98.7 cm³/mol. The predicted octanol–water partition coefficient (Wildman–Crippen LogP) is 0.0585. The van der Waals surface area contributed by atoms with Crippen LogP contribution in [0.25, 0.3) is 11.2 Å². The van der Waals surface area contributed by atoms with Gasteiger partial charge in [0.1, 0.15) is 30.4 Å². The van der Waals surface area contributed by atoms with Crippen LogP contribution in [-0.2, 0) is 11.3 Å². The second kappa shape index (κ2) is 7.68. The Morgan fingerprint density at radius 2 is 2.00 bits per heavy atom. The Hall–Kier alpha value is -2.79. The molecule has 1 fully saturated rings. The number of aliphatic hydroxyl groups excluding tert-OH is 3. The maximum absolute atomic E-state index is 10.3. The molecule has 0 spiro atoms. The third-order valence-electron chi connectivity index (χ3n) is 4.79. The maximum atomic E-state index is 10.3. The van der Waals surface area contributed by atoms with Crippen molar-refractivity contribution < 1.29 is 24.8 Å². The van der Waals surface area contributed by atoms with Crippen LogP contribution >= 0.6 is 0 Å². The summed E-state index contributed by atoms with van der Waals surface area (Å²) < 4.78 is 12.4. The van der Waals surface area contributed by atoms with E-state index >= 15 is 0 Å². The highest BCUT2D eigenvalue weighted by Crippen LogP contribution is 2.32. The molecule has 4 N–H and O–H groups in total. The highest BCUT2D eigenvalue weighted by atomic mass is 16.6. The summed E-state index contributed by atoms with van der Waals surface area (Å²) in [5.41, 5.74) is 1.89. The van der Waals surface area contributed by atoms with Gasteiger partial charge in [0.2, 0.25) is 0 Å². The molecule has 4 atom stereocenters.